The van der Waals surface area contributed by atoms with Crippen LogP contribution in [-0.4, -0.2) is 36.9 Å². The molecule has 0 radical (unpaired) electrons. The van der Waals surface area contributed by atoms with Crippen LogP contribution in [0.25, 0.3) is 0 Å². The standard InChI is InChI=1S/C21H21Cl4F3N2O3/c1-11(33-2)5-18(31)29-9-12-3-4-14(8-15(12)22)30-10-20(32,21(26,27)28)13-6-16(23)19(25)17(24)7-13/h3-4,6-8,11,30,32H,5,9-10H2,1-2H3,(H,29,31)/t11-,20-/m0/s1. The molecule has 33 heavy (non-hydrogen) atoms. The Labute approximate surface area is 209 Å². The van der Waals surface area contributed by atoms with E-state index in [2.05, 4.69) is 10.6 Å². The Morgan fingerprint density at radius 3 is 2.21 bits per heavy atom. The Balaban J connectivity index is 2.16. The van der Waals surface area contributed by atoms with E-state index < -0.39 is 23.9 Å². The van der Waals surface area contributed by atoms with Crippen LogP contribution in [0.5, 0.6) is 0 Å². The van der Waals surface area contributed by atoms with Crippen molar-refractivity contribution in [1.82, 2.24) is 5.32 Å². The van der Waals surface area contributed by atoms with Crippen molar-refractivity contribution in [2.75, 3.05) is 19.0 Å². The van der Waals surface area contributed by atoms with Gasteiger partial charge in [-0.05, 0) is 42.3 Å². The van der Waals surface area contributed by atoms with Crippen molar-refractivity contribution in [1.29, 1.82) is 0 Å². The summed E-state index contributed by atoms with van der Waals surface area (Å²) in [6.07, 6.45) is -5.14. The van der Waals surface area contributed by atoms with Crippen LogP contribution >= 0.6 is 46.4 Å². The van der Waals surface area contributed by atoms with Crippen molar-refractivity contribution in [3.8, 4) is 0 Å². The first-order valence-corrected chi connectivity index (χ1v) is 11.1. The normalized spacial score (nSPS) is 14.5. The average Bonchev–Trinajstić information content (AvgIpc) is 2.73. The van der Waals surface area contributed by atoms with Gasteiger partial charge in [-0.25, -0.2) is 0 Å². The van der Waals surface area contributed by atoms with Gasteiger partial charge in [0.15, 0.2) is 0 Å². The van der Waals surface area contributed by atoms with Gasteiger partial charge in [0.1, 0.15) is 0 Å². The number of amides is 1. The number of carbonyl (C=O) groups excluding carboxylic acids is 1. The van der Waals surface area contributed by atoms with Crippen LogP contribution in [0.1, 0.15) is 24.5 Å². The first kappa shape index (κ1) is 27.8. The molecule has 2 aromatic rings. The molecule has 0 fully saturated rings. The third-order valence-electron chi connectivity index (χ3n) is 4.88. The first-order chi connectivity index (χ1) is 15.3. The number of carbonyl (C=O) groups is 1. The highest BCUT2D eigenvalue weighted by Crippen LogP contribution is 2.43. The third kappa shape index (κ3) is 7.04. The fourth-order valence-corrected chi connectivity index (χ4v) is 3.64. The second-order valence-corrected chi connectivity index (χ2v) is 8.90. The van der Waals surface area contributed by atoms with Crippen molar-refractivity contribution in [3.05, 3.63) is 61.5 Å². The molecule has 2 rings (SSSR count). The Bertz CT molecular complexity index is 984. The molecule has 2 atom stereocenters. The maximum atomic E-state index is 13.8. The molecule has 12 heteroatoms. The summed E-state index contributed by atoms with van der Waals surface area (Å²) in [4.78, 5) is 11.9. The summed E-state index contributed by atoms with van der Waals surface area (Å²) in [5.41, 5.74) is -3.11. The number of methoxy groups -OCH3 is 1. The molecule has 182 valence electrons. The van der Waals surface area contributed by atoms with Crippen LogP contribution in [0, 0.1) is 0 Å². The summed E-state index contributed by atoms with van der Waals surface area (Å²) >= 11 is 23.7. The molecule has 3 N–H and O–H groups in total. The molecular weight excluding hydrogens is 527 g/mol. The van der Waals surface area contributed by atoms with Crippen LogP contribution in [0.15, 0.2) is 30.3 Å². The molecule has 0 aliphatic rings. The molecular formula is C21H21Cl4F3N2O3. The molecule has 0 aromatic heterocycles. The molecule has 1 amide bonds. The second kappa shape index (κ2) is 11.3. The molecule has 0 saturated heterocycles. The number of hydrogen-bond acceptors (Lipinski definition) is 4. The number of ether oxygens (including phenoxy) is 1. The fraction of sp³-hybridized carbons (Fsp3) is 0.381. The van der Waals surface area contributed by atoms with Crippen LogP contribution < -0.4 is 10.6 Å². The zero-order valence-corrected chi connectivity index (χ0v) is 20.5. The maximum absolute atomic E-state index is 13.8. The highest BCUT2D eigenvalue weighted by Gasteiger charge is 2.55. The average molecular weight is 548 g/mol. The van der Waals surface area contributed by atoms with Gasteiger partial charge in [-0.15, -0.1) is 0 Å². The zero-order chi connectivity index (χ0) is 25.0. The lowest BCUT2D eigenvalue weighted by atomic mass is 9.92. The second-order valence-electron chi connectivity index (χ2n) is 7.30. The molecule has 5 nitrogen and oxygen atoms in total. The van der Waals surface area contributed by atoms with Gasteiger partial charge in [-0.2, -0.15) is 13.2 Å². The highest BCUT2D eigenvalue weighted by molar-refractivity contribution is 6.48. The van der Waals surface area contributed by atoms with E-state index in [0.717, 1.165) is 12.1 Å². The van der Waals surface area contributed by atoms with Gasteiger partial charge < -0.3 is 20.5 Å². The predicted molar refractivity (Wildman–Crippen MR) is 124 cm³/mol. The largest absolute Gasteiger partial charge is 0.423 e. The Morgan fingerprint density at radius 1 is 1.09 bits per heavy atom. The highest BCUT2D eigenvalue weighted by atomic mass is 35.5. The lowest BCUT2D eigenvalue weighted by molar-refractivity contribution is -0.260. The number of nitrogens with one attached hydrogen (secondary N) is 2. The number of benzene rings is 2. The topological polar surface area (TPSA) is 70.6 Å². The monoisotopic (exact) mass is 546 g/mol. The number of alkyl halides is 3. The summed E-state index contributed by atoms with van der Waals surface area (Å²) < 4.78 is 46.4. The summed E-state index contributed by atoms with van der Waals surface area (Å²) in [6.45, 7) is 0.926. The minimum absolute atomic E-state index is 0.120. The minimum Gasteiger partial charge on any atom is -0.381 e. The van der Waals surface area contributed by atoms with Crippen LogP contribution in [-0.2, 0) is 21.7 Å². The molecule has 2 aromatic carbocycles. The smallest absolute Gasteiger partial charge is 0.381 e. The molecule has 0 aliphatic heterocycles. The van der Waals surface area contributed by atoms with Crippen LogP contribution in [0.4, 0.5) is 18.9 Å². The SMILES string of the molecule is CO[C@@H](C)CC(=O)NCc1ccc(NC[C@](O)(c2cc(Cl)c(Cl)c(Cl)c2)C(F)(F)F)cc1Cl. The number of halogens is 7. The van der Waals surface area contributed by atoms with Crippen molar-refractivity contribution in [2.45, 2.75) is 37.8 Å². The molecule has 0 heterocycles. The minimum atomic E-state index is -5.06. The van der Waals surface area contributed by atoms with Crippen molar-refractivity contribution < 1.29 is 27.8 Å². The molecule has 0 spiro atoms. The summed E-state index contributed by atoms with van der Waals surface area (Å²) in [5, 5.41) is 15.4. The molecule has 0 aliphatic carbocycles. The van der Waals surface area contributed by atoms with Crippen molar-refractivity contribution in [2.24, 2.45) is 0 Å². The zero-order valence-electron chi connectivity index (χ0n) is 17.5. The lowest BCUT2D eigenvalue weighted by Gasteiger charge is -2.32. The van der Waals surface area contributed by atoms with Crippen LogP contribution in [0.2, 0.25) is 20.1 Å². The van der Waals surface area contributed by atoms with Gasteiger partial charge in [-0.1, -0.05) is 52.5 Å². The predicted octanol–water partition coefficient (Wildman–Crippen LogP) is 6.20. The van der Waals surface area contributed by atoms with Gasteiger partial charge in [-0.3, -0.25) is 4.79 Å². The van der Waals surface area contributed by atoms with E-state index in [1.54, 1.807) is 13.0 Å². The third-order valence-corrected chi connectivity index (χ3v) is 6.43. The van der Waals surface area contributed by atoms with Crippen molar-refractivity contribution in [3.63, 3.8) is 0 Å². The molecule has 0 bridgehead atoms. The number of anilines is 1. The summed E-state index contributed by atoms with van der Waals surface area (Å²) in [7, 11) is 1.50. The van der Waals surface area contributed by atoms with Gasteiger partial charge in [0, 0.05) is 24.4 Å². The van der Waals surface area contributed by atoms with E-state index in [4.69, 9.17) is 51.1 Å². The van der Waals surface area contributed by atoms with E-state index in [9.17, 15) is 23.1 Å². The maximum Gasteiger partial charge on any atom is 0.423 e. The van der Waals surface area contributed by atoms with E-state index in [-0.39, 0.29) is 50.8 Å². The first-order valence-electron chi connectivity index (χ1n) is 9.54. The van der Waals surface area contributed by atoms with Crippen LogP contribution in [0.3, 0.4) is 0 Å². The van der Waals surface area contributed by atoms with Gasteiger partial charge >= 0.3 is 6.18 Å². The number of aliphatic hydroxyl groups is 1. The lowest BCUT2D eigenvalue weighted by Crippen LogP contribution is -2.47. The van der Waals surface area contributed by atoms with Gasteiger partial charge in [0.25, 0.3) is 0 Å². The van der Waals surface area contributed by atoms with Gasteiger partial charge in [0.05, 0.1) is 34.1 Å². The Hall–Kier alpha value is -1.42. The summed E-state index contributed by atoms with van der Waals surface area (Å²) in [6, 6.07) is 6.23. The van der Waals surface area contributed by atoms with E-state index >= 15 is 0 Å². The molecule has 0 unspecified atom stereocenters. The van der Waals surface area contributed by atoms with E-state index in [1.165, 1.54) is 19.2 Å². The van der Waals surface area contributed by atoms with E-state index in [1.807, 2.05) is 0 Å². The fourth-order valence-electron chi connectivity index (χ4n) is 2.80. The van der Waals surface area contributed by atoms with Crippen molar-refractivity contribution >= 4 is 58.0 Å². The number of rotatable bonds is 9. The molecule has 0 saturated carbocycles. The summed E-state index contributed by atoms with van der Waals surface area (Å²) in [5.74, 6) is -0.238. The Morgan fingerprint density at radius 2 is 1.70 bits per heavy atom. The Kier molecular flexibility index (Phi) is 9.56. The quantitative estimate of drug-likeness (QED) is 0.327. The van der Waals surface area contributed by atoms with Gasteiger partial charge in [0.2, 0.25) is 11.5 Å². The van der Waals surface area contributed by atoms with E-state index in [0.29, 0.717) is 5.56 Å². The number of hydrogen-bond donors (Lipinski definition) is 3.